The number of nitrogens with one attached hydrogen (secondary N) is 1. The molecule has 1 aliphatic rings. The van der Waals surface area contributed by atoms with Crippen LogP contribution in [0.3, 0.4) is 0 Å². The maximum Gasteiger partial charge on any atom is 0.351 e. The van der Waals surface area contributed by atoms with Gasteiger partial charge in [0, 0.05) is 20.4 Å². The maximum absolute atomic E-state index is 15.0. The molecule has 1 saturated heterocycles. The molecular weight excluding hydrogens is 324 g/mol. The normalized spacial score (nSPS) is 32.8. The van der Waals surface area contributed by atoms with Gasteiger partial charge in [-0.15, -0.1) is 0 Å². The molecule has 0 unspecified atom stereocenters. The molecule has 1 aromatic rings. The summed E-state index contributed by atoms with van der Waals surface area (Å²) >= 11 is 0. The fourth-order valence-electron chi connectivity index (χ4n) is 2.86. The van der Waals surface area contributed by atoms with Crippen LogP contribution in [0.15, 0.2) is 17.1 Å². The Morgan fingerprint density at radius 1 is 1.46 bits per heavy atom. The van der Waals surface area contributed by atoms with Crippen molar-refractivity contribution in [3.8, 4) is 0 Å². The van der Waals surface area contributed by atoms with Crippen molar-refractivity contribution in [2.24, 2.45) is 0 Å². The van der Waals surface area contributed by atoms with Crippen LogP contribution in [0.1, 0.15) is 33.9 Å². The molecular formula is C15H23F2N3O4. The number of nitrogens with zero attached hydrogens (tertiary/aromatic N) is 2. The van der Waals surface area contributed by atoms with Crippen LogP contribution in [-0.4, -0.2) is 51.5 Å². The van der Waals surface area contributed by atoms with Gasteiger partial charge < -0.3 is 19.9 Å². The van der Waals surface area contributed by atoms with E-state index in [2.05, 4.69) is 10.3 Å². The van der Waals surface area contributed by atoms with E-state index in [1.807, 2.05) is 0 Å². The Kier molecular flexibility index (Phi) is 4.27. The second-order valence-electron chi connectivity index (χ2n) is 6.67. The van der Waals surface area contributed by atoms with Crippen molar-refractivity contribution < 1.29 is 23.4 Å². The summed E-state index contributed by atoms with van der Waals surface area (Å²) in [6.45, 7) is 5.38. The van der Waals surface area contributed by atoms with Gasteiger partial charge in [0.1, 0.15) is 11.4 Å². The number of aromatic nitrogens is 2. The molecule has 2 N–H and O–H groups in total. The molecule has 2 heterocycles. The van der Waals surface area contributed by atoms with Gasteiger partial charge in [-0.2, -0.15) is 13.8 Å². The number of methoxy groups -OCH3 is 1. The summed E-state index contributed by atoms with van der Waals surface area (Å²) in [5, 5.41) is 13.3. The summed E-state index contributed by atoms with van der Waals surface area (Å²) in [6.07, 6.45) is -0.862. The van der Waals surface area contributed by atoms with Gasteiger partial charge in [-0.05, 0) is 33.8 Å². The summed E-state index contributed by atoms with van der Waals surface area (Å²) in [7, 11) is 2.89. The summed E-state index contributed by atoms with van der Waals surface area (Å²) in [4.78, 5) is 15.8. The molecule has 7 nitrogen and oxygen atoms in total. The molecule has 0 bridgehead atoms. The number of hydrogen-bond donors (Lipinski definition) is 2. The molecule has 2 rings (SSSR count). The zero-order valence-corrected chi connectivity index (χ0v) is 14.6. The second-order valence-corrected chi connectivity index (χ2v) is 6.67. The number of ether oxygens (including phenoxy) is 2. The number of halogens is 2. The molecule has 0 amide bonds. The molecule has 0 saturated carbocycles. The average molecular weight is 347 g/mol. The Bertz CT molecular complexity index is 690. The monoisotopic (exact) mass is 347 g/mol. The van der Waals surface area contributed by atoms with Gasteiger partial charge in [0.25, 0.3) is 0 Å². The van der Waals surface area contributed by atoms with Crippen LogP contribution in [0.25, 0.3) is 0 Å². The minimum Gasteiger partial charge on any atom is -0.381 e. The van der Waals surface area contributed by atoms with E-state index in [0.29, 0.717) is 4.57 Å². The first-order valence-corrected chi connectivity index (χ1v) is 7.46. The zero-order chi connectivity index (χ0) is 18.6. The highest BCUT2D eigenvalue weighted by Crippen LogP contribution is 2.58. The largest absolute Gasteiger partial charge is 0.381 e. The molecule has 3 atom stereocenters. The summed E-state index contributed by atoms with van der Waals surface area (Å²) in [5.41, 5.74) is -6.55. The lowest BCUT2D eigenvalue weighted by Gasteiger charge is -2.46. The number of aliphatic hydroxyl groups is 1. The van der Waals surface area contributed by atoms with Crippen molar-refractivity contribution >= 4 is 5.82 Å². The minimum atomic E-state index is -3.76. The summed E-state index contributed by atoms with van der Waals surface area (Å²) < 4.78 is 41.4. The van der Waals surface area contributed by atoms with Gasteiger partial charge in [0.2, 0.25) is 6.23 Å². The Labute approximate surface area is 138 Å². The number of anilines is 1. The highest BCUT2D eigenvalue weighted by atomic mass is 19.3. The molecule has 9 heteroatoms. The smallest absolute Gasteiger partial charge is 0.351 e. The molecule has 1 aromatic heterocycles. The Hall–Kier alpha value is -1.58. The van der Waals surface area contributed by atoms with Crippen LogP contribution in [0, 0.1) is 0 Å². The predicted molar refractivity (Wildman–Crippen MR) is 83.2 cm³/mol. The zero-order valence-electron chi connectivity index (χ0n) is 14.6. The van der Waals surface area contributed by atoms with Gasteiger partial charge in [-0.3, -0.25) is 4.57 Å². The Morgan fingerprint density at radius 3 is 2.50 bits per heavy atom. The van der Waals surface area contributed by atoms with E-state index in [9.17, 15) is 18.7 Å². The molecule has 0 radical (unpaired) electrons. The highest BCUT2D eigenvalue weighted by Gasteiger charge is 2.76. The van der Waals surface area contributed by atoms with Crippen molar-refractivity contribution in [3.05, 3.63) is 22.7 Å². The van der Waals surface area contributed by atoms with E-state index in [1.165, 1.54) is 33.9 Å². The minimum absolute atomic E-state index is 0.240. The third kappa shape index (κ3) is 2.26. The molecule has 0 aliphatic carbocycles. The highest BCUT2D eigenvalue weighted by molar-refractivity contribution is 5.30. The van der Waals surface area contributed by atoms with E-state index in [4.69, 9.17) is 9.47 Å². The predicted octanol–water partition coefficient (Wildman–Crippen LogP) is 1.38. The van der Waals surface area contributed by atoms with Crippen molar-refractivity contribution in [1.82, 2.24) is 9.55 Å². The summed E-state index contributed by atoms with van der Waals surface area (Å²) in [5.74, 6) is -3.52. The lowest BCUT2D eigenvalue weighted by Crippen LogP contribution is -2.65. The quantitative estimate of drug-likeness (QED) is 0.856. The number of rotatable bonds is 4. The molecule has 24 heavy (non-hydrogen) atoms. The first kappa shape index (κ1) is 18.8. The second kappa shape index (κ2) is 5.47. The van der Waals surface area contributed by atoms with Crippen molar-refractivity contribution in [2.75, 3.05) is 19.5 Å². The van der Waals surface area contributed by atoms with Crippen molar-refractivity contribution in [3.63, 3.8) is 0 Å². The van der Waals surface area contributed by atoms with Crippen LogP contribution in [0.5, 0.6) is 0 Å². The Morgan fingerprint density at radius 2 is 2.04 bits per heavy atom. The lowest BCUT2D eigenvalue weighted by atomic mass is 9.73. The lowest BCUT2D eigenvalue weighted by molar-refractivity contribution is -0.235. The van der Waals surface area contributed by atoms with Gasteiger partial charge in [-0.25, -0.2) is 4.79 Å². The van der Waals surface area contributed by atoms with Gasteiger partial charge in [0.15, 0.2) is 5.60 Å². The van der Waals surface area contributed by atoms with Crippen molar-refractivity contribution in [1.29, 1.82) is 0 Å². The van der Waals surface area contributed by atoms with Crippen LogP contribution in [0.2, 0.25) is 0 Å². The van der Waals surface area contributed by atoms with Gasteiger partial charge >= 0.3 is 11.6 Å². The van der Waals surface area contributed by atoms with E-state index in [0.717, 1.165) is 13.1 Å². The fraction of sp³-hybridized carbons (Fsp3) is 0.733. The third-order valence-corrected chi connectivity index (χ3v) is 5.23. The standard InChI is InChI=1S/C15H23F2N3O4/c1-12(2,23-6)14(4)13(3,22)15(16,17)10(24-14)20-8-7-9(18-5)19-11(20)21/h7-8,10,22H,1-6H3,(H,18,19,21)/t10-,13-,14-/m1/s1. The topological polar surface area (TPSA) is 85.6 Å². The molecule has 0 spiro atoms. The fourth-order valence-corrected chi connectivity index (χ4v) is 2.86. The molecule has 0 aromatic carbocycles. The third-order valence-electron chi connectivity index (χ3n) is 5.23. The SMILES string of the molecule is CNc1ccn([C@@H]2O[C@](C)(C(C)(C)OC)[C@@](C)(O)C2(F)F)c(=O)n1. The van der Waals surface area contributed by atoms with Gasteiger partial charge in [-0.1, -0.05) is 0 Å². The van der Waals surface area contributed by atoms with Crippen LogP contribution >= 0.6 is 0 Å². The molecule has 1 fully saturated rings. The number of alkyl halides is 2. The van der Waals surface area contributed by atoms with Crippen LogP contribution in [-0.2, 0) is 9.47 Å². The average Bonchev–Trinajstić information content (AvgIpc) is 2.65. The maximum atomic E-state index is 15.0. The molecule has 1 aliphatic heterocycles. The van der Waals surface area contributed by atoms with E-state index >= 15 is 0 Å². The first-order chi connectivity index (χ1) is 10.9. The molecule has 136 valence electrons. The summed E-state index contributed by atoms with van der Waals surface area (Å²) in [6, 6.07) is 1.37. The Balaban J connectivity index is 2.60. The van der Waals surface area contributed by atoms with Crippen molar-refractivity contribution in [2.45, 2.75) is 56.6 Å². The van der Waals surface area contributed by atoms with Crippen LogP contribution in [0.4, 0.5) is 14.6 Å². The van der Waals surface area contributed by atoms with E-state index in [1.54, 1.807) is 7.05 Å². The first-order valence-electron chi connectivity index (χ1n) is 7.46. The van der Waals surface area contributed by atoms with Crippen LogP contribution < -0.4 is 11.0 Å². The van der Waals surface area contributed by atoms with Gasteiger partial charge in [0.05, 0.1) is 5.60 Å². The number of hydrogen-bond acceptors (Lipinski definition) is 6. The van der Waals surface area contributed by atoms with E-state index < -0.39 is 34.6 Å². The van der Waals surface area contributed by atoms with E-state index in [-0.39, 0.29) is 5.82 Å².